The van der Waals surface area contributed by atoms with Gasteiger partial charge in [-0.3, -0.25) is 9.88 Å². The van der Waals surface area contributed by atoms with E-state index in [0.717, 1.165) is 5.56 Å². The lowest BCUT2D eigenvalue weighted by Gasteiger charge is -2.16. The highest BCUT2D eigenvalue weighted by Gasteiger charge is 2.48. The second-order valence-corrected chi connectivity index (χ2v) is 7.71. The number of halogens is 1. The van der Waals surface area contributed by atoms with Crippen LogP contribution in [0, 0.1) is 5.82 Å². The molecular formula is C20H16FN9O2. The number of ether oxygens (including phenoxy) is 1. The van der Waals surface area contributed by atoms with Crippen LogP contribution in [0.3, 0.4) is 0 Å². The number of aromatic nitrogens is 8. The largest absolute Gasteiger partial charge is 0.442 e. The molecule has 160 valence electrons. The molecule has 32 heavy (non-hydrogen) atoms. The number of nitrogens with zero attached hydrogens (tertiary/aromatic N) is 9. The number of carbonyl (C=O) groups is 1. The van der Waals surface area contributed by atoms with Crippen LogP contribution in [-0.4, -0.2) is 58.4 Å². The van der Waals surface area contributed by atoms with Crippen LogP contribution < -0.4 is 4.90 Å². The third-order valence-corrected chi connectivity index (χ3v) is 5.83. The van der Waals surface area contributed by atoms with Gasteiger partial charge in [0.25, 0.3) is 0 Å². The number of pyridine rings is 1. The molecule has 1 unspecified atom stereocenters. The molecule has 2 aliphatic heterocycles. The molecule has 0 radical (unpaired) electrons. The van der Waals surface area contributed by atoms with Crippen LogP contribution in [0.1, 0.15) is 5.56 Å². The molecule has 1 fully saturated rings. The summed E-state index contributed by atoms with van der Waals surface area (Å²) >= 11 is 0. The van der Waals surface area contributed by atoms with Crippen LogP contribution in [0.25, 0.3) is 22.6 Å². The predicted molar refractivity (Wildman–Crippen MR) is 108 cm³/mol. The maximum Gasteiger partial charge on any atom is 0.415 e. The van der Waals surface area contributed by atoms with Gasteiger partial charge in [0.15, 0.2) is 5.82 Å². The normalized spacial score (nSPS) is 19.2. The molecule has 0 aliphatic carbocycles. The average Bonchev–Trinajstić information content (AvgIpc) is 3.56. The maximum absolute atomic E-state index is 15.1. The first kappa shape index (κ1) is 18.5. The molecule has 1 saturated heterocycles. The number of aryl methyl sites for hydroxylation is 1. The average molecular weight is 433 g/mol. The summed E-state index contributed by atoms with van der Waals surface area (Å²) in [6.45, 7) is 0.387. The van der Waals surface area contributed by atoms with Crippen LogP contribution >= 0.6 is 0 Å². The van der Waals surface area contributed by atoms with Crippen molar-refractivity contribution in [2.45, 2.75) is 25.1 Å². The van der Waals surface area contributed by atoms with E-state index in [4.69, 9.17) is 4.74 Å². The molecule has 12 heteroatoms. The Kier molecular flexibility index (Phi) is 4.00. The Morgan fingerprint density at radius 1 is 1.25 bits per heavy atom. The molecule has 0 bridgehead atoms. The Balaban J connectivity index is 1.31. The molecule has 2 atom stereocenters. The van der Waals surface area contributed by atoms with E-state index in [0.29, 0.717) is 41.3 Å². The van der Waals surface area contributed by atoms with Crippen molar-refractivity contribution in [1.82, 2.24) is 40.2 Å². The number of cyclic esters (lactones) is 1. The van der Waals surface area contributed by atoms with Gasteiger partial charge in [-0.15, -0.1) is 10.2 Å². The van der Waals surface area contributed by atoms with Crippen LogP contribution in [0.2, 0.25) is 0 Å². The van der Waals surface area contributed by atoms with E-state index in [9.17, 15) is 4.79 Å². The van der Waals surface area contributed by atoms with Crippen LogP contribution in [0.4, 0.5) is 14.9 Å². The monoisotopic (exact) mass is 433 g/mol. The number of benzene rings is 1. The lowest BCUT2D eigenvalue weighted by Crippen LogP contribution is -2.35. The molecular weight excluding hydrogens is 417 g/mol. The predicted octanol–water partition coefficient (Wildman–Crippen LogP) is 1.62. The number of anilines is 1. The van der Waals surface area contributed by atoms with E-state index in [1.165, 1.54) is 15.6 Å². The highest BCUT2D eigenvalue weighted by atomic mass is 19.1. The van der Waals surface area contributed by atoms with Crippen LogP contribution in [-0.2, 0) is 24.8 Å². The third kappa shape index (κ3) is 2.83. The lowest BCUT2D eigenvalue weighted by molar-refractivity contribution is 0.117. The molecule has 1 amide bonds. The van der Waals surface area contributed by atoms with Gasteiger partial charge in [0, 0.05) is 30.6 Å². The molecule has 0 spiro atoms. The minimum Gasteiger partial charge on any atom is -0.442 e. The summed E-state index contributed by atoms with van der Waals surface area (Å²) in [5.41, 5.74) is 3.05. The number of carbonyl (C=O) groups excluding carboxylic acids is 1. The fourth-order valence-electron chi connectivity index (χ4n) is 4.31. The highest BCUT2D eigenvalue weighted by molar-refractivity contribution is 5.94. The zero-order valence-electron chi connectivity index (χ0n) is 16.8. The van der Waals surface area contributed by atoms with Crippen molar-refractivity contribution >= 4 is 11.8 Å². The van der Waals surface area contributed by atoms with E-state index in [1.54, 1.807) is 48.5 Å². The topological polar surface area (TPSA) is 117 Å². The fraction of sp³-hybridized carbons (Fsp3) is 0.250. The fourth-order valence-corrected chi connectivity index (χ4v) is 4.31. The maximum atomic E-state index is 15.1. The smallest absolute Gasteiger partial charge is 0.415 e. The van der Waals surface area contributed by atoms with Gasteiger partial charge in [-0.25, -0.2) is 18.5 Å². The number of hydrogen-bond donors (Lipinski definition) is 0. The number of fused-ring (bicyclic) bond motifs is 3. The quantitative estimate of drug-likeness (QED) is 0.477. The summed E-state index contributed by atoms with van der Waals surface area (Å²) in [5.74, 6) is 0.0790. The van der Waals surface area contributed by atoms with E-state index in [-0.39, 0.29) is 6.04 Å². The Labute approximate surface area is 180 Å². The van der Waals surface area contributed by atoms with Gasteiger partial charge in [-0.2, -0.15) is 0 Å². The summed E-state index contributed by atoms with van der Waals surface area (Å²) in [4.78, 5) is 18.4. The Morgan fingerprint density at radius 2 is 2.16 bits per heavy atom. The molecule has 0 saturated carbocycles. The minimum atomic E-state index is -0.477. The molecule has 1 aromatic carbocycles. The van der Waals surface area contributed by atoms with Crippen molar-refractivity contribution in [2.75, 3.05) is 4.90 Å². The highest BCUT2D eigenvalue weighted by Crippen LogP contribution is 2.42. The van der Waals surface area contributed by atoms with Crippen molar-refractivity contribution < 1.29 is 13.9 Å². The van der Waals surface area contributed by atoms with E-state index >= 15 is 4.39 Å². The zero-order valence-corrected chi connectivity index (χ0v) is 16.8. The van der Waals surface area contributed by atoms with Crippen LogP contribution in [0.15, 0.2) is 42.9 Å². The first-order valence-corrected chi connectivity index (χ1v) is 9.94. The molecule has 0 N–H and O–H groups in total. The zero-order chi connectivity index (χ0) is 21.8. The molecule has 6 rings (SSSR count). The second-order valence-electron chi connectivity index (χ2n) is 7.71. The van der Waals surface area contributed by atoms with Gasteiger partial charge >= 0.3 is 6.09 Å². The van der Waals surface area contributed by atoms with Gasteiger partial charge in [0.1, 0.15) is 17.6 Å². The van der Waals surface area contributed by atoms with Crippen molar-refractivity contribution in [3.05, 3.63) is 54.2 Å². The standard InChI is InChI=1S/C20H16FN9O2/c1-28-19(24-25-27-28)15-3-2-11(9-22-15)13-6-12-7-17-18(10-29-5-4-23-26-29)32-20(31)30(17)16(12)8-14(13)21/h2-6,8-9,17-18H,7,10H2,1H3/t17?,18-/m0/s1. The van der Waals surface area contributed by atoms with Crippen LogP contribution in [0.5, 0.6) is 0 Å². The Bertz CT molecular complexity index is 1320. The first-order valence-electron chi connectivity index (χ1n) is 9.94. The van der Waals surface area contributed by atoms with E-state index in [2.05, 4.69) is 30.8 Å². The second kappa shape index (κ2) is 6.90. The summed E-state index contributed by atoms with van der Waals surface area (Å²) in [6, 6.07) is 6.48. The Morgan fingerprint density at radius 3 is 2.88 bits per heavy atom. The number of tetrazole rings is 1. The molecule has 5 heterocycles. The van der Waals surface area contributed by atoms with Crippen molar-refractivity contribution in [3.63, 3.8) is 0 Å². The van der Waals surface area contributed by atoms with Crippen molar-refractivity contribution in [2.24, 2.45) is 7.05 Å². The summed E-state index contributed by atoms with van der Waals surface area (Å²) < 4.78 is 23.7. The van der Waals surface area contributed by atoms with Gasteiger partial charge < -0.3 is 4.74 Å². The molecule has 3 aromatic heterocycles. The SMILES string of the molecule is Cn1nnnc1-c1ccc(-c2cc3c(cc2F)N2C(=O)O[C@@H](Cn4ccnn4)C2C3)cn1. The van der Waals surface area contributed by atoms with Crippen molar-refractivity contribution in [1.29, 1.82) is 0 Å². The van der Waals surface area contributed by atoms with Gasteiger partial charge in [0.05, 0.1) is 24.5 Å². The number of amides is 1. The lowest BCUT2D eigenvalue weighted by atomic mass is 10.00. The third-order valence-electron chi connectivity index (χ3n) is 5.83. The van der Waals surface area contributed by atoms with E-state index in [1.807, 2.05) is 0 Å². The van der Waals surface area contributed by atoms with Gasteiger partial charge in [-0.05, 0) is 40.6 Å². The minimum absolute atomic E-state index is 0.222. The summed E-state index contributed by atoms with van der Waals surface area (Å²) in [6.07, 6.45) is 4.55. The summed E-state index contributed by atoms with van der Waals surface area (Å²) in [7, 11) is 1.72. The molecule has 4 aromatic rings. The van der Waals surface area contributed by atoms with E-state index < -0.39 is 18.0 Å². The summed E-state index contributed by atoms with van der Waals surface area (Å²) in [5, 5.41) is 19.1. The molecule has 2 aliphatic rings. The van der Waals surface area contributed by atoms with Gasteiger partial charge in [0.2, 0.25) is 0 Å². The Hall–Kier alpha value is -4.22. The molecule has 11 nitrogen and oxygen atoms in total. The first-order chi connectivity index (χ1) is 15.6. The number of hydrogen-bond acceptors (Lipinski definition) is 8. The van der Waals surface area contributed by atoms with Gasteiger partial charge in [-0.1, -0.05) is 11.3 Å². The van der Waals surface area contributed by atoms with Crippen molar-refractivity contribution in [3.8, 4) is 22.6 Å². The number of rotatable bonds is 4.